The molecular weight excluding hydrogens is 1040 g/mol. The van der Waals surface area contributed by atoms with Crippen molar-refractivity contribution in [2.24, 2.45) is 23.5 Å². The van der Waals surface area contributed by atoms with Crippen LogP contribution >= 0.6 is 11.3 Å². The van der Waals surface area contributed by atoms with Crippen molar-refractivity contribution in [1.29, 1.82) is 0 Å². The Morgan fingerprint density at radius 3 is 2.26 bits per heavy atom. The molecule has 3 aliphatic rings. The Kier molecular flexibility index (Phi) is 16.3. The fourth-order valence-electron chi connectivity index (χ4n) is 10.8. The summed E-state index contributed by atoms with van der Waals surface area (Å²) in [5.41, 5.74) is 7.88. The molecule has 1 unspecified atom stereocenters. The molecule has 0 spiro atoms. The van der Waals surface area contributed by atoms with Crippen LogP contribution in [0.2, 0.25) is 0 Å². The number of halogens is 1. The lowest BCUT2D eigenvalue weighted by molar-refractivity contribution is -0.147. The van der Waals surface area contributed by atoms with Crippen molar-refractivity contribution in [3.8, 4) is 5.75 Å². The van der Waals surface area contributed by atoms with E-state index in [-0.39, 0.29) is 39.9 Å². The number of ketones is 1. The highest BCUT2D eigenvalue weighted by Crippen LogP contribution is 2.42. The lowest BCUT2D eigenvalue weighted by atomic mass is 9.71. The number of carbonyl (C=O) groups is 4. The molecule has 3 fully saturated rings. The van der Waals surface area contributed by atoms with E-state index in [1.807, 2.05) is 13.8 Å². The molecule has 2 aromatic carbocycles. The minimum Gasteiger partial charge on any atom is -0.492 e. The number of nitrogens with one attached hydrogen (secondary N) is 3. The Hall–Kier alpha value is -6.98. The van der Waals surface area contributed by atoms with E-state index >= 15 is 0 Å². The number of nitrogens with two attached hydrogens (primary N) is 1. The van der Waals surface area contributed by atoms with E-state index in [9.17, 15) is 32.0 Å². The van der Waals surface area contributed by atoms with Crippen LogP contribution in [0.25, 0.3) is 10.9 Å². The molecule has 414 valence electrons. The highest BCUT2D eigenvalue weighted by atomic mass is 32.2. The third kappa shape index (κ3) is 11.3. The number of primary amides is 1. The second-order valence-electron chi connectivity index (χ2n) is 21.8. The molecule has 3 aliphatic heterocycles. The predicted molar refractivity (Wildman–Crippen MR) is 294 cm³/mol. The van der Waals surface area contributed by atoms with Gasteiger partial charge in [-0.05, 0) is 142 Å². The van der Waals surface area contributed by atoms with Gasteiger partial charge in [-0.1, -0.05) is 0 Å². The fraction of sp³-hybridized carbons (Fsp3) is 0.491. The van der Waals surface area contributed by atoms with Gasteiger partial charge in [-0.2, -0.15) is 5.10 Å². The van der Waals surface area contributed by atoms with Crippen molar-refractivity contribution in [3.05, 3.63) is 99.4 Å². The summed E-state index contributed by atoms with van der Waals surface area (Å²) >= 11 is 1.29. The number of aromatic nitrogens is 7. The fourth-order valence-corrected chi connectivity index (χ4v) is 13.1. The molecule has 4 aromatic heterocycles. The van der Waals surface area contributed by atoms with Gasteiger partial charge in [-0.15, -0.1) is 11.3 Å². The highest BCUT2D eigenvalue weighted by Gasteiger charge is 2.51. The first-order chi connectivity index (χ1) is 37.2. The summed E-state index contributed by atoms with van der Waals surface area (Å²) in [6.07, 6.45) is 10.2. The van der Waals surface area contributed by atoms with Crippen LogP contribution in [-0.4, -0.2) is 134 Å². The van der Waals surface area contributed by atoms with Crippen molar-refractivity contribution in [2.45, 2.75) is 114 Å². The molecule has 5 N–H and O–H groups in total. The predicted octanol–water partition coefficient (Wildman–Crippen LogP) is 7.27. The average Bonchev–Trinajstić information content (AvgIpc) is 4.21. The van der Waals surface area contributed by atoms with E-state index in [0.717, 1.165) is 43.6 Å². The summed E-state index contributed by atoms with van der Waals surface area (Å²) < 4.78 is 46.7. The number of amides is 3. The number of hydrogen-bond donors (Lipinski definition) is 4. The monoisotopic (exact) mass is 1110 g/mol. The minimum absolute atomic E-state index is 0.0795. The molecule has 78 heavy (non-hydrogen) atoms. The number of H-pyrrole nitrogens is 1. The summed E-state index contributed by atoms with van der Waals surface area (Å²) in [6, 6.07) is 8.15. The third-order valence-corrected chi connectivity index (χ3v) is 19.4. The average molecular weight is 1110 g/mol. The van der Waals surface area contributed by atoms with E-state index in [2.05, 4.69) is 50.7 Å². The van der Waals surface area contributed by atoms with Crippen LogP contribution in [0.4, 0.5) is 22.0 Å². The normalized spacial score (nSPS) is 18.0. The van der Waals surface area contributed by atoms with Crippen molar-refractivity contribution in [2.75, 3.05) is 56.6 Å². The Bertz CT molecular complexity index is 3300. The zero-order valence-electron chi connectivity index (χ0n) is 45.1. The van der Waals surface area contributed by atoms with E-state index in [0.29, 0.717) is 109 Å². The van der Waals surface area contributed by atoms with Crippen molar-refractivity contribution in [1.82, 2.24) is 50.2 Å². The summed E-state index contributed by atoms with van der Waals surface area (Å²) in [5, 5.41) is 16.4. The van der Waals surface area contributed by atoms with Crippen LogP contribution < -0.4 is 26.0 Å². The van der Waals surface area contributed by atoms with Gasteiger partial charge in [0.25, 0.3) is 5.91 Å². The molecule has 3 atom stereocenters. The van der Waals surface area contributed by atoms with Gasteiger partial charge in [0, 0.05) is 78.8 Å². The number of fused-ring (bicyclic) bond motifs is 1. The number of sulfone groups is 1. The number of ether oxygens (including phenoxy) is 1. The van der Waals surface area contributed by atoms with Crippen LogP contribution in [0, 0.1) is 37.4 Å². The maximum absolute atomic E-state index is 14.8. The van der Waals surface area contributed by atoms with Crippen molar-refractivity contribution in [3.63, 3.8) is 0 Å². The number of piperidine rings is 2. The molecule has 23 heteroatoms. The molecule has 3 saturated heterocycles. The Labute approximate surface area is 457 Å². The van der Waals surface area contributed by atoms with E-state index in [1.54, 1.807) is 74.4 Å². The van der Waals surface area contributed by atoms with Crippen molar-refractivity contribution < 1.29 is 36.7 Å². The van der Waals surface area contributed by atoms with Gasteiger partial charge >= 0.3 is 0 Å². The number of likely N-dealkylation sites (tertiary alicyclic amines) is 2. The number of anilines is 3. The van der Waals surface area contributed by atoms with Gasteiger partial charge < -0.3 is 35.8 Å². The number of benzene rings is 2. The number of thiazole rings is 1. The smallest absolute Gasteiger partial charge is 0.256 e. The number of likely N-dealkylation sites (N-methyl/N-ethyl adjacent to an activating group) is 1. The molecule has 0 radical (unpaired) electrons. The molecule has 20 nitrogen and oxygen atoms in total. The molecule has 7 heterocycles. The summed E-state index contributed by atoms with van der Waals surface area (Å²) in [5.74, 6) is -0.818. The molecule has 0 saturated carbocycles. The number of aryl methyl sites for hydroxylation is 1. The lowest BCUT2D eigenvalue weighted by Crippen LogP contribution is -2.63. The summed E-state index contributed by atoms with van der Waals surface area (Å²) in [4.78, 5) is 83.6. The second-order valence-corrected chi connectivity index (χ2v) is 25.4. The van der Waals surface area contributed by atoms with Gasteiger partial charge in [-0.25, -0.2) is 37.7 Å². The first-order valence-corrected chi connectivity index (χ1v) is 28.9. The number of hydrogen-bond acceptors (Lipinski definition) is 17. The second kappa shape index (κ2) is 22.8. The molecule has 6 aromatic rings. The molecule has 9 rings (SSSR count). The number of aromatic amines is 1. The molecule has 0 bridgehead atoms. The van der Waals surface area contributed by atoms with Gasteiger partial charge in [0.05, 0.1) is 34.4 Å². The Morgan fingerprint density at radius 2 is 1.62 bits per heavy atom. The van der Waals surface area contributed by atoms with Crippen molar-refractivity contribution >= 4 is 73.2 Å². The summed E-state index contributed by atoms with van der Waals surface area (Å²) in [6.45, 7) is 13.4. The minimum atomic E-state index is -3.84. The standard InChI is InChI=1S/C55H68FN13O7S2/c1-32-33(2)65-66-47(32)64-48-39-26-44(78(74,75)54(3,4)5)43(27-40(39)61-31-62-48)76-25-9-10-34-16-21-68(22-17-34)53-59-28-37(29-60-53)50(71)67-23-18-35(19-24-67)45(55(6,58-7)52(57)73)51(72)69-20-8-11-42(69)49-63-41(30-77-49)46(70)36-12-14-38(56)15-13-36/h12-15,26-31,34-35,42,45,58H,8-11,16-25H2,1-7H3,(H2,57,73)(H2,61,62,64,65,66)/t42-,45+,55?/m0/s1. The number of carbonyl (C=O) groups excluding carboxylic acids is 4. The van der Waals surface area contributed by atoms with Crippen LogP contribution in [0.1, 0.15) is 128 Å². The third-order valence-electron chi connectivity index (χ3n) is 16.0. The van der Waals surface area contributed by atoms with E-state index < -0.39 is 43.8 Å². The maximum atomic E-state index is 14.8. The van der Waals surface area contributed by atoms with Gasteiger partial charge in [-0.3, -0.25) is 24.3 Å². The molecule has 3 amide bonds. The zero-order chi connectivity index (χ0) is 55.7. The van der Waals surface area contributed by atoms with Gasteiger partial charge in [0.1, 0.15) is 44.8 Å². The van der Waals surface area contributed by atoms with Crippen LogP contribution in [0.5, 0.6) is 5.75 Å². The summed E-state index contributed by atoms with van der Waals surface area (Å²) in [7, 11) is -2.22. The first-order valence-electron chi connectivity index (χ1n) is 26.5. The van der Waals surface area contributed by atoms with Crippen LogP contribution in [-0.2, 0) is 19.4 Å². The number of rotatable bonds is 18. The molecule has 0 aliphatic carbocycles. The first kappa shape index (κ1) is 55.8. The maximum Gasteiger partial charge on any atom is 0.256 e. The molecular formula is C55H68FN13O7S2. The quantitative estimate of drug-likeness (QED) is 0.0487. The van der Waals surface area contributed by atoms with Crippen LogP contribution in [0.15, 0.2) is 65.4 Å². The van der Waals surface area contributed by atoms with E-state index in [4.69, 9.17) is 10.5 Å². The SMILES string of the molecule is CNC(C)(C(N)=O)[C@@H](C(=O)N1CCC[C@H]1c1nc(C(=O)c2ccc(F)cc2)cs1)C1CCN(C(=O)c2cnc(N3CCC(CCCOc4cc5ncnc(Nc6n[nH]c(C)c6C)c5cc4S(=O)(=O)C(C)(C)C)CC3)nc2)CC1. The topological polar surface area (TPSA) is 265 Å². The Morgan fingerprint density at radius 1 is 0.910 bits per heavy atom. The van der Waals surface area contributed by atoms with Gasteiger partial charge in [0.2, 0.25) is 23.5 Å². The van der Waals surface area contributed by atoms with Gasteiger partial charge in [0.15, 0.2) is 15.7 Å². The van der Waals surface area contributed by atoms with Crippen LogP contribution in [0.3, 0.4) is 0 Å². The Balaban J connectivity index is 0.778. The largest absolute Gasteiger partial charge is 0.492 e. The zero-order valence-corrected chi connectivity index (χ0v) is 46.8. The lowest BCUT2D eigenvalue weighted by Gasteiger charge is -2.44. The van der Waals surface area contributed by atoms with E-state index in [1.165, 1.54) is 41.9 Å². The number of nitrogens with zero attached hydrogens (tertiary/aromatic N) is 9. The highest BCUT2D eigenvalue weighted by molar-refractivity contribution is 7.92.